The van der Waals surface area contributed by atoms with Crippen LogP contribution >= 0.6 is 0 Å². The molecule has 0 amide bonds. The molecule has 1 saturated carbocycles. The predicted molar refractivity (Wildman–Crippen MR) is 131 cm³/mol. The minimum atomic E-state index is -1.64. The monoisotopic (exact) mass is 422 g/mol. The van der Waals surface area contributed by atoms with Crippen molar-refractivity contribution in [3.8, 4) is 0 Å². The van der Waals surface area contributed by atoms with E-state index in [4.69, 9.17) is 4.43 Å². The third kappa shape index (κ3) is 8.71. The third-order valence-electron chi connectivity index (χ3n) is 7.49. The molecule has 0 radical (unpaired) electrons. The summed E-state index contributed by atoms with van der Waals surface area (Å²) < 4.78 is 6.31. The fraction of sp³-hybridized carbons (Fsp3) is 0.846. The second-order valence-electron chi connectivity index (χ2n) is 11.4. The largest absolute Gasteiger partial charge is 0.417 e. The summed E-state index contributed by atoms with van der Waals surface area (Å²) in [5.74, 6) is 2.42. The van der Waals surface area contributed by atoms with Crippen molar-refractivity contribution in [3.05, 3.63) is 24.3 Å². The first kappa shape index (κ1) is 26.7. The molecule has 0 spiro atoms. The lowest BCUT2D eigenvalue weighted by atomic mass is 9.68. The van der Waals surface area contributed by atoms with E-state index in [-0.39, 0.29) is 11.1 Å². The van der Waals surface area contributed by atoms with Gasteiger partial charge in [-0.1, -0.05) is 65.7 Å². The van der Waals surface area contributed by atoms with Crippen LogP contribution in [0.15, 0.2) is 24.3 Å². The molecule has 29 heavy (non-hydrogen) atoms. The van der Waals surface area contributed by atoms with E-state index in [1.165, 1.54) is 18.4 Å². The van der Waals surface area contributed by atoms with E-state index < -0.39 is 8.32 Å². The van der Waals surface area contributed by atoms with Crippen molar-refractivity contribution >= 4 is 8.32 Å². The molecule has 2 nitrogen and oxygen atoms in total. The van der Waals surface area contributed by atoms with Crippen LogP contribution < -0.4 is 0 Å². The van der Waals surface area contributed by atoms with Gasteiger partial charge in [-0.15, -0.1) is 6.58 Å². The topological polar surface area (TPSA) is 29.5 Å². The van der Waals surface area contributed by atoms with Crippen LogP contribution in [0.2, 0.25) is 18.1 Å². The summed E-state index contributed by atoms with van der Waals surface area (Å²) in [6.45, 7) is 23.3. The predicted octanol–water partition coefficient (Wildman–Crippen LogP) is 7.75. The van der Waals surface area contributed by atoms with Gasteiger partial charge < -0.3 is 9.53 Å². The lowest BCUT2D eigenvalue weighted by molar-refractivity contribution is 0.0421. The molecule has 0 heterocycles. The molecule has 0 aromatic heterocycles. The Hall–Kier alpha value is -0.383. The summed E-state index contributed by atoms with van der Waals surface area (Å²) in [4.78, 5) is 0. The molecule has 1 rings (SSSR count). The minimum Gasteiger partial charge on any atom is -0.417 e. The average molecular weight is 423 g/mol. The van der Waals surface area contributed by atoms with Crippen molar-refractivity contribution in [2.24, 2.45) is 23.7 Å². The third-order valence-corrected chi connectivity index (χ3v) is 12.0. The Morgan fingerprint density at radius 3 is 2.38 bits per heavy atom. The smallest absolute Gasteiger partial charge is 0.191 e. The van der Waals surface area contributed by atoms with Gasteiger partial charge in [0.25, 0.3) is 0 Å². The molecule has 0 aliphatic heterocycles. The van der Waals surface area contributed by atoms with Gasteiger partial charge in [-0.25, -0.2) is 0 Å². The molecule has 4 atom stereocenters. The lowest BCUT2D eigenvalue weighted by Gasteiger charge is -2.39. The van der Waals surface area contributed by atoms with Crippen molar-refractivity contribution in [1.82, 2.24) is 0 Å². The number of aliphatic hydroxyl groups is 1. The van der Waals surface area contributed by atoms with Gasteiger partial charge in [-0.3, -0.25) is 0 Å². The maximum Gasteiger partial charge on any atom is 0.191 e. The number of hydrogen-bond acceptors (Lipinski definition) is 2. The van der Waals surface area contributed by atoms with Crippen molar-refractivity contribution in [3.63, 3.8) is 0 Å². The van der Waals surface area contributed by atoms with E-state index in [1.807, 2.05) is 6.08 Å². The molecule has 170 valence electrons. The molecular formula is C26H50O2Si. The highest BCUT2D eigenvalue weighted by Crippen LogP contribution is 2.40. The van der Waals surface area contributed by atoms with Crippen LogP contribution in [0.3, 0.4) is 0 Å². The van der Waals surface area contributed by atoms with Crippen molar-refractivity contribution in [1.29, 1.82) is 0 Å². The van der Waals surface area contributed by atoms with Gasteiger partial charge in [0.15, 0.2) is 8.32 Å². The van der Waals surface area contributed by atoms with Gasteiger partial charge in [-0.2, -0.15) is 0 Å². The minimum absolute atomic E-state index is 0.273. The van der Waals surface area contributed by atoms with Crippen molar-refractivity contribution < 1.29 is 9.53 Å². The normalized spacial score (nSPS) is 25.3. The Morgan fingerprint density at radius 1 is 1.17 bits per heavy atom. The van der Waals surface area contributed by atoms with Crippen LogP contribution in [0.4, 0.5) is 0 Å². The standard InChI is InChI=1S/C26H50O2Si/c1-10-13-22(14-11-12-17-28-29(8,9)26(5,6)7)19-25(27)24-18-21(4)15-16-23(24)20(2)3/h10,19-21,23-25,27H,1,11-18H2,2-9H3/b22-19-/t21-,23+,24-,25-/m1/s1. The van der Waals surface area contributed by atoms with Gasteiger partial charge >= 0.3 is 0 Å². The Morgan fingerprint density at radius 2 is 1.83 bits per heavy atom. The number of rotatable bonds is 11. The SMILES string of the molecule is C=CC/C(=C/[C@@H](O)[C@@H]1C[C@H](C)CC[C@H]1C(C)C)CCCCO[Si](C)(C)C(C)(C)C. The summed E-state index contributed by atoms with van der Waals surface area (Å²) in [5, 5.41) is 11.4. The highest BCUT2D eigenvalue weighted by Gasteiger charge is 2.37. The maximum absolute atomic E-state index is 11.1. The molecule has 0 unspecified atom stereocenters. The zero-order chi connectivity index (χ0) is 22.2. The van der Waals surface area contributed by atoms with E-state index in [0.29, 0.717) is 17.8 Å². The van der Waals surface area contributed by atoms with Gasteiger partial charge in [0.05, 0.1) is 6.10 Å². The van der Waals surface area contributed by atoms with E-state index in [0.717, 1.165) is 44.6 Å². The summed E-state index contributed by atoms with van der Waals surface area (Å²) in [7, 11) is -1.64. The molecule has 1 N–H and O–H groups in total. The molecule has 3 heteroatoms. The van der Waals surface area contributed by atoms with Gasteiger partial charge in [0, 0.05) is 6.61 Å². The average Bonchev–Trinajstić information content (AvgIpc) is 2.60. The van der Waals surface area contributed by atoms with E-state index in [2.05, 4.69) is 67.3 Å². The maximum atomic E-state index is 11.1. The highest BCUT2D eigenvalue weighted by atomic mass is 28.4. The first-order valence-corrected chi connectivity index (χ1v) is 14.9. The van der Waals surface area contributed by atoms with Crippen molar-refractivity contribution in [2.45, 2.75) is 111 Å². The van der Waals surface area contributed by atoms with Crippen molar-refractivity contribution in [2.75, 3.05) is 6.61 Å². The fourth-order valence-electron chi connectivity index (χ4n) is 4.47. The zero-order valence-electron chi connectivity index (χ0n) is 20.8. The summed E-state index contributed by atoms with van der Waals surface area (Å²) in [5.41, 5.74) is 1.35. The number of hydrogen-bond donors (Lipinski definition) is 1. The molecule has 0 saturated heterocycles. The van der Waals surface area contributed by atoms with Crippen LogP contribution in [0.5, 0.6) is 0 Å². The van der Waals surface area contributed by atoms with Crippen LogP contribution in [-0.4, -0.2) is 26.1 Å². The first-order valence-electron chi connectivity index (χ1n) is 12.0. The summed E-state index contributed by atoms with van der Waals surface area (Å²) in [6.07, 6.45) is 11.7. The van der Waals surface area contributed by atoms with E-state index >= 15 is 0 Å². The first-order chi connectivity index (χ1) is 13.4. The second kappa shape index (κ2) is 11.9. The van der Waals surface area contributed by atoms with Gasteiger partial charge in [0.2, 0.25) is 0 Å². The summed E-state index contributed by atoms with van der Waals surface area (Å²) >= 11 is 0. The Balaban J connectivity index is 2.62. The highest BCUT2D eigenvalue weighted by molar-refractivity contribution is 6.74. The zero-order valence-corrected chi connectivity index (χ0v) is 21.8. The molecule has 0 aromatic rings. The fourth-order valence-corrected chi connectivity index (χ4v) is 5.56. The van der Waals surface area contributed by atoms with E-state index in [9.17, 15) is 5.11 Å². The lowest BCUT2D eigenvalue weighted by Crippen LogP contribution is -2.40. The summed E-state index contributed by atoms with van der Waals surface area (Å²) in [6, 6.07) is 0. The number of unbranched alkanes of at least 4 members (excludes halogenated alkanes) is 1. The molecular weight excluding hydrogens is 372 g/mol. The molecule has 1 fully saturated rings. The molecule has 0 bridgehead atoms. The Bertz CT molecular complexity index is 515. The second-order valence-corrected chi connectivity index (χ2v) is 16.2. The van der Waals surface area contributed by atoms with Crippen LogP contribution in [0, 0.1) is 23.7 Å². The number of allylic oxidation sites excluding steroid dienone is 2. The molecule has 1 aliphatic carbocycles. The molecule has 1 aliphatic rings. The van der Waals surface area contributed by atoms with Gasteiger partial charge in [-0.05, 0) is 80.3 Å². The van der Waals surface area contributed by atoms with Crippen LogP contribution in [0.25, 0.3) is 0 Å². The molecule has 0 aromatic carbocycles. The van der Waals surface area contributed by atoms with E-state index in [1.54, 1.807) is 0 Å². The van der Waals surface area contributed by atoms with Crippen LogP contribution in [0.1, 0.15) is 86.5 Å². The van der Waals surface area contributed by atoms with Gasteiger partial charge in [0.1, 0.15) is 0 Å². The number of aliphatic hydroxyl groups excluding tert-OH is 1. The van der Waals surface area contributed by atoms with Crippen LogP contribution in [-0.2, 0) is 4.43 Å². The Kier molecular flexibility index (Phi) is 10.9. The quantitative estimate of drug-likeness (QED) is 0.209. The Labute approximate surface area is 183 Å².